The van der Waals surface area contributed by atoms with E-state index in [1.165, 1.54) is 10.9 Å². The van der Waals surface area contributed by atoms with Gasteiger partial charge in [0.05, 0.1) is 31.5 Å². The first-order chi connectivity index (χ1) is 8.00. The number of nitrogens with zero attached hydrogens (tertiary/aromatic N) is 3. The predicted molar refractivity (Wildman–Crippen MR) is 57.6 cm³/mol. The van der Waals surface area contributed by atoms with Gasteiger partial charge in [-0.3, -0.25) is 4.68 Å². The molecule has 0 fully saturated rings. The van der Waals surface area contributed by atoms with Crippen molar-refractivity contribution in [2.24, 2.45) is 0 Å². The number of carboxylic acid groups (broad SMARTS) is 1. The molecule has 8 heteroatoms. The lowest BCUT2D eigenvalue weighted by Gasteiger charge is -2.26. The van der Waals surface area contributed by atoms with E-state index in [9.17, 15) is 4.79 Å². The van der Waals surface area contributed by atoms with Crippen molar-refractivity contribution in [1.82, 2.24) is 20.3 Å². The van der Waals surface area contributed by atoms with Crippen LogP contribution in [0.5, 0.6) is 0 Å². The molecule has 96 valence electrons. The Balaban J connectivity index is 2.43. The van der Waals surface area contributed by atoms with Gasteiger partial charge in [0.2, 0.25) is 0 Å². The zero-order valence-corrected chi connectivity index (χ0v) is 9.50. The highest BCUT2D eigenvalue weighted by Gasteiger charge is 2.20. The van der Waals surface area contributed by atoms with E-state index < -0.39 is 11.5 Å². The average Bonchev–Trinajstić information content (AvgIpc) is 2.78. The van der Waals surface area contributed by atoms with Gasteiger partial charge in [0.25, 0.3) is 0 Å². The Bertz CT molecular complexity index is 375. The van der Waals surface area contributed by atoms with Gasteiger partial charge in [-0.15, -0.1) is 5.10 Å². The summed E-state index contributed by atoms with van der Waals surface area (Å²) in [6, 6.07) is 0. The number of rotatable bonds is 7. The Morgan fingerprint density at radius 3 is 2.65 bits per heavy atom. The van der Waals surface area contributed by atoms with Crippen molar-refractivity contribution in [2.75, 3.05) is 19.8 Å². The summed E-state index contributed by atoms with van der Waals surface area (Å²) in [6.07, 6.45) is 1.32. The fourth-order valence-electron chi connectivity index (χ4n) is 1.14. The molecule has 0 aliphatic rings. The Labute approximate surface area is 97.9 Å². The Hall–Kier alpha value is -1.51. The van der Waals surface area contributed by atoms with Crippen LogP contribution in [0.4, 0.5) is 0 Å². The second-order valence-electron chi connectivity index (χ2n) is 3.98. The van der Waals surface area contributed by atoms with Crippen LogP contribution in [0.25, 0.3) is 0 Å². The molecule has 1 aromatic heterocycles. The average molecular weight is 244 g/mol. The molecule has 0 aromatic carbocycles. The lowest BCUT2D eigenvalue weighted by atomic mass is 10.1. The van der Waals surface area contributed by atoms with Crippen molar-refractivity contribution in [2.45, 2.75) is 19.0 Å². The minimum Gasteiger partial charge on any atom is -0.476 e. The van der Waals surface area contributed by atoms with Crippen molar-refractivity contribution in [3.63, 3.8) is 0 Å². The Morgan fingerprint density at radius 1 is 1.53 bits per heavy atom. The number of aromatic carboxylic acids is 1. The molecule has 1 rings (SSSR count). The van der Waals surface area contributed by atoms with Gasteiger partial charge in [-0.25, -0.2) is 4.79 Å². The maximum absolute atomic E-state index is 10.5. The molecule has 0 saturated heterocycles. The van der Waals surface area contributed by atoms with E-state index in [0.29, 0.717) is 13.1 Å². The molecule has 0 amide bonds. The molecule has 1 aromatic rings. The summed E-state index contributed by atoms with van der Waals surface area (Å²) in [5.74, 6) is -1.13. The molecule has 8 nitrogen and oxygen atoms in total. The summed E-state index contributed by atoms with van der Waals surface area (Å²) in [7, 11) is 0. The lowest BCUT2D eigenvalue weighted by Crippen LogP contribution is -2.50. The third-order valence-electron chi connectivity index (χ3n) is 2.35. The zero-order valence-electron chi connectivity index (χ0n) is 9.50. The predicted octanol–water partition coefficient (Wildman–Crippen LogP) is -1.69. The molecule has 0 spiro atoms. The number of carboxylic acids is 1. The first-order valence-corrected chi connectivity index (χ1v) is 5.11. The van der Waals surface area contributed by atoms with Crippen LogP contribution in [-0.4, -0.2) is 61.6 Å². The van der Waals surface area contributed by atoms with Crippen LogP contribution in [0.15, 0.2) is 6.20 Å². The van der Waals surface area contributed by atoms with Crippen molar-refractivity contribution < 1.29 is 20.1 Å². The molecule has 0 unspecified atom stereocenters. The SMILES string of the molecule is CC(CO)(CO)NCCn1cc(C(=O)O)nn1. The number of nitrogens with one attached hydrogen (secondary N) is 1. The summed E-state index contributed by atoms with van der Waals surface area (Å²) in [6.45, 7) is 2.12. The minimum absolute atomic E-state index is 0.114. The van der Waals surface area contributed by atoms with Crippen LogP contribution in [0.3, 0.4) is 0 Å². The largest absolute Gasteiger partial charge is 0.476 e. The topological polar surface area (TPSA) is 121 Å². The number of carbonyl (C=O) groups is 1. The molecule has 1 heterocycles. The van der Waals surface area contributed by atoms with E-state index in [2.05, 4.69) is 15.6 Å². The normalized spacial score (nSPS) is 11.7. The quantitative estimate of drug-likeness (QED) is 0.451. The molecular formula is C9H16N4O4. The van der Waals surface area contributed by atoms with E-state index in [0.717, 1.165) is 0 Å². The third kappa shape index (κ3) is 3.77. The summed E-state index contributed by atoms with van der Waals surface area (Å²) in [5.41, 5.74) is -0.868. The lowest BCUT2D eigenvalue weighted by molar-refractivity contribution is 0.0690. The first-order valence-electron chi connectivity index (χ1n) is 5.11. The van der Waals surface area contributed by atoms with Gasteiger partial charge in [0, 0.05) is 6.54 Å². The second-order valence-corrected chi connectivity index (χ2v) is 3.98. The van der Waals surface area contributed by atoms with Gasteiger partial charge >= 0.3 is 5.97 Å². The molecule has 17 heavy (non-hydrogen) atoms. The minimum atomic E-state index is -1.13. The molecule has 0 bridgehead atoms. The monoisotopic (exact) mass is 244 g/mol. The molecule has 0 radical (unpaired) electrons. The summed E-state index contributed by atoms with van der Waals surface area (Å²) >= 11 is 0. The fraction of sp³-hybridized carbons (Fsp3) is 0.667. The van der Waals surface area contributed by atoms with Gasteiger partial charge in [0.15, 0.2) is 5.69 Å². The van der Waals surface area contributed by atoms with Gasteiger partial charge in [0.1, 0.15) is 0 Å². The van der Waals surface area contributed by atoms with Crippen LogP contribution in [0.2, 0.25) is 0 Å². The number of hydrogen-bond acceptors (Lipinski definition) is 6. The third-order valence-corrected chi connectivity index (χ3v) is 2.35. The first kappa shape index (κ1) is 13.6. The van der Waals surface area contributed by atoms with E-state index in [4.69, 9.17) is 15.3 Å². The van der Waals surface area contributed by atoms with Gasteiger partial charge in [-0.1, -0.05) is 5.21 Å². The molecule has 0 aliphatic heterocycles. The number of aliphatic hydroxyl groups is 2. The summed E-state index contributed by atoms with van der Waals surface area (Å²) in [4.78, 5) is 10.5. The van der Waals surface area contributed by atoms with Crippen molar-refractivity contribution >= 4 is 5.97 Å². The van der Waals surface area contributed by atoms with Crippen molar-refractivity contribution in [1.29, 1.82) is 0 Å². The molecular weight excluding hydrogens is 228 g/mol. The van der Waals surface area contributed by atoms with Crippen LogP contribution >= 0.6 is 0 Å². The van der Waals surface area contributed by atoms with Gasteiger partial charge < -0.3 is 20.6 Å². The maximum Gasteiger partial charge on any atom is 0.358 e. The van der Waals surface area contributed by atoms with E-state index in [-0.39, 0.29) is 18.9 Å². The van der Waals surface area contributed by atoms with E-state index in [1.54, 1.807) is 6.92 Å². The van der Waals surface area contributed by atoms with Crippen molar-refractivity contribution in [3.05, 3.63) is 11.9 Å². The number of hydrogen-bond donors (Lipinski definition) is 4. The second kappa shape index (κ2) is 5.71. The standard InChI is InChI=1S/C9H16N4O4/c1-9(5-14,6-15)10-2-3-13-4-7(8(16)17)11-12-13/h4,10,14-15H,2-3,5-6H2,1H3,(H,16,17). The van der Waals surface area contributed by atoms with Crippen LogP contribution in [0, 0.1) is 0 Å². The van der Waals surface area contributed by atoms with Crippen LogP contribution in [0.1, 0.15) is 17.4 Å². The Morgan fingerprint density at radius 2 is 2.18 bits per heavy atom. The molecule has 0 aliphatic carbocycles. The van der Waals surface area contributed by atoms with E-state index in [1.807, 2.05) is 0 Å². The highest BCUT2D eigenvalue weighted by molar-refractivity contribution is 5.84. The number of aromatic nitrogens is 3. The fourth-order valence-corrected chi connectivity index (χ4v) is 1.14. The zero-order chi connectivity index (χ0) is 12.9. The smallest absolute Gasteiger partial charge is 0.358 e. The van der Waals surface area contributed by atoms with Gasteiger partial charge in [-0.2, -0.15) is 0 Å². The van der Waals surface area contributed by atoms with E-state index >= 15 is 0 Å². The highest BCUT2D eigenvalue weighted by Crippen LogP contribution is 2.00. The maximum atomic E-state index is 10.5. The van der Waals surface area contributed by atoms with Crippen molar-refractivity contribution in [3.8, 4) is 0 Å². The molecule has 0 atom stereocenters. The number of aliphatic hydroxyl groups excluding tert-OH is 2. The van der Waals surface area contributed by atoms with Gasteiger partial charge in [-0.05, 0) is 6.92 Å². The summed E-state index contributed by atoms with van der Waals surface area (Å²) < 4.78 is 1.38. The highest BCUT2D eigenvalue weighted by atomic mass is 16.4. The molecule has 0 saturated carbocycles. The van der Waals surface area contributed by atoms with Crippen LogP contribution < -0.4 is 5.32 Å². The van der Waals surface area contributed by atoms with Crippen LogP contribution in [-0.2, 0) is 6.54 Å². The Kier molecular flexibility index (Phi) is 4.55. The summed E-state index contributed by atoms with van der Waals surface area (Å²) in [5, 5.41) is 36.7. The molecule has 4 N–H and O–H groups in total.